The highest BCUT2D eigenvalue weighted by Crippen LogP contribution is 2.32. The Labute approximate surface area is 507 Å². The van der Waals surface area contributed by atoms with Gasteiger partial charge in [-0.05, 0) is 97.2 Å². The lowest BCUT2D eigenvalue weighted by molar-refractivity contribution is -0.144. The van der Waals surface area contributed by atoms with E-state index in [-0.39, 0.29) is 49.1 Å². The van der Waals surface area contributed by atoms with Gasteiger partial charge < -0.3 is 35.8 Å². The van der Waals surface area contributed by atoms with Crippen molar-refractivity contribution in [1.29, 1.82) is 0 Å². The van der Waals surface area contributed by atoms with Crippen molar-refractivity contribution < 1.29 is 29.1 Å². The van der Waals surface area contributed by atoms with Crippen LogP contribution in [0.15, 0.2) is 115 Å². The number of pyridine rings is 1. The first-order valence-corrected chi connectivity index (χ1v) is 30.5. The summed E-state index contributed by atoms with van der Waals surface area (Å²) >= 11 is 1.58. The molecule has 3 aliphatic rings. The molecule has 2 fully saturated rings. The van der Waals surface area contributed by atoms with E-state index in [1.807, 2.05) is 172 Å². The van der Waals surface area contributed by atoms with E-state index in [4.69, 9.17) is 9.97 Å². The molecule has 3 aromatic heterocycles. The van der Waals surface area contributed by atoms with Crippen molar-refractivity contribution in [3.8, 4) is 33.7 Å². The van der Waals surface area contributed by atoms with Gasteiger partial charge in [0.25, 0.3) is 5.91 Å². The number of nitrogens with zero attached hydrogens (tertiary/aromatic N) is 8. The van der Waals surface area contributed by atoms with Crippen LogP contribution in [0.5, 0.6) is 0 Å². The highest BCUT2D eigenvalue weighted by atomic mass is 32.1. The SMILES string of the molecule is CNc1nc(-c2cnc3ccccc3c2)nc2c1CCN(C(=O)c1ccc(/C=C/c3ccc(C#CCN4CCN(C(=O)CCCCC(=O)N[C@H](C(=O)N5C[C@H](O)C[C@H]5C(=O)N[C@@H](C)c5ccc(-c6scnc6C)cc5)C(C)(C)C)CC4)cc3)cc1)C2. The Morgan fingerprint density at radius 3 is 2.22 bits per heavy atom. The number of carbonyl (C=O) groups excluding carboxylic acids is 5. The van der Waals surface area contributed by atoms with E-state index in [0.29, 0.717) is 82.9 Å². The highest BCUT2D eigenvalue weighted by molar-refractivity contribution is 7.13. The predicted octanol–water partition coefficient (Wildman–Crippen LogP) is 8.96. The topological polar surface area (TPSA) is 206 Å². The van der Waals surface area contributed by atoms with E-state index in [1.54, 1.807) is 17.5 Å². The zero-order valence-electron chi connectivity index (χ0n) is 49.8. The number of unbranched alkanes of at least 4 members (excludes halogenated alkanes) is 1. The largest absolute Gasteiger partial charge is 0.391 e. The molecule has 4 aromatic carbocycles. The number of β-amino-alcohol motifs (C(OH)–C–C–N with tert-alkyl or cyclic N) is 1. The van der Waals surface area contributed by atoms with Gasteiger partial charge in [0.05, 0.1) is 52.5 Å². The molecule has 5 amide bonds. The molecule has 0 radical (unpaired) electrons. The minimum absolute atomic E-state index is 0.0112. The highest BCUT2D eigenvalue weighted by Gasteiger charge is 2.45. The third-order valence-corrected chi connectivity index (χ3v) is 17.3. The number of rotatable bonds is 17. The second-order valence-electron chi connectivity index (χ2n) is 23.6. The molecular formula is C68H75N11O6S. The zero-order chi connectivity index (χ0) is 60.5. The van der Waals surface area contributed by atoms with Crippen LogP contribution in [0.1, 0.15) is 115 Å². The van der Waals surface area contributed by atoms with Gasteiger partial charge in [-0.2, -0.15) is 0 Å². The van der Waals surface area contributed by atoms with Crippen molar-refractivity contribution in [2.45, 2.75) is 104 Å². The van der Waals surface area contributed by atoms with E-state index in [0.717, 1.165) is 71.9 Å². The lowest BCUT2D eigenvalue weighted by atomic mass is 9.85. The maximum atomic E-state index is 14.2. The molecule has 86 heavy (non-hydrogen) atoms. The quantitative estimate of drug-likeness (QED) is 0.0383. The fourth-order valence-electron chi connectivity index (χ4n) is 11.3. The Bertz CT molecular complexity index is 3690. The predicted molar refractivity (Wildman–Crippen MR) is 337 cm³/mol. The number of thiazole rings is 1. The van der Waals surface area contributed by atoms with Gasteiger partial charge in [0.15, 0.2) is 5.82 Å². The number of likely N-dealkylation sites (tertiary alicyclic amines) is 1. The van der Waals surface area contributed by atoms with E-state index >= 15 is 0 Å². The molecule has 2 saturated heterocycles. The summed E-state index contributed by atoms with van der Waals surface area (Å²) in [5, 5.41) is 20.9. The molecule has 0 unspecified atom stereocenters. The molecule has 4 N–H and O–H groups in total. The third-order valence-electron chi connectivity index (χ3n) is 16.3. The van der Waals surface area contributed by atoms with Gasteiger partial charge in [0.1, 0.15) is 17.9 Å². The average Bonchev–Trinajstić information content (AvgIpc) is 1.87. The Balaban J connectivity index is 0.624. The Kier molecular flexibility index (Phi) is 19.1. The molecule has 0 spiro atoms. The number of aliphatic hydroxyl groups is 1. The molecule has 7 aromatic rings. The number of nitrogens with one attached hydrogen (secondary N) is 3. The number of benzene rings is 4. The molecule has 3 aliphatic heterocycles. The summed E-state index contributed by atoms with van der Waals surface area (Å²) in [5.74, 6) is 6.86. The monoisotopic (exact) mass is 1170 g/mol. The van der Waals surface area contributed by atoms with Gasteiger partial charge in [0.2, 0.25) is 23.6 Å². The number of amides is 5. The summed E-state index contributed by atoms with van der Waals surface area (Å²) in [6.07, 6.45) is 7.21. The summed E-state index contributed by atoms with van der Waals surface area (Å²) in [7, 11) is 1.86. The van der Waals surface area contributed by atoms with Crippen molar-refractivity contribution in [1.82, 2.24) is 50.2 Å². The van der Waals surface area contributed by atoms with Crippen LogP contribution in [0.4, 0.5) is 5.82 Å². The third kappa shape index (κ3) is 14.7. The maximum absolute atomic E-state index is 14.2. The van der Waals surface area contributed by atoms with Gasteiger partial charge in [-0.1, -0.05) is 111 Å². The van der Waals surface area contributed by atoms with Crippen LogP contribution < -0.4 is 16.0 Å². The van der Waals surface area contributed by atoms with Crippen molar-refractivity contribution in [2.24, 2.45) is 5.41 Å². The van der Waals surface area contributed by atoms with Crippen molar-refractivity contribution in [2.75, 3.05) is 58.2 Å². The molecule has 0 saturated carbocycles. The standard InChI is InChI=1S/C68H75N11O6S/c1-44(49-27-29-50(30-28-49)61-45(2)71-43-86-61)72-65(83)58-39-54(80)41-79(58)67(85)62(68(3,4)5)74-59(81)15-9-10-16-60(82)77-36-34-76(35-37-77)32-11-12-46-17-19-47(20-18-46)21-22-48-23-25-51(26-24-48)66(84)78-33-31-55-57(42-78)73-63(75-64(55)69-6)53-38-52-13-7-8-14-56(52)70-40-53/h7-8,13-14,17-30,38,40,43-44,54,58,62,80H,9-10,15-16,31-37,39,41-42H2,1-6H3,(H,72,83)(H,74,81)(H,69,73,75)/b22-21+/t44-,54+,58-,62+/m0/s1. The number of hydrogen-bond donors (Lipinski definition) is 4. The van der Waals surface area contributed by atoms with Crippen LogP contribution in [0.25, 0.3) is 44.9 Å². The molecular weight excluding hydrogens is 1100 g/mol. The molecule has 17 nitrogen and oxygen atoms in total. The van der Waals surface area contributed by atoms with Gasteiger partial charge in [0, 0.05) is 99.4 Å². The normalized spacial score (nSPS) is 16.9. The fraction of sp³-hybridized carbons (Fsp3) is 0.368. The van der Waals surface area contributed by atoms with Crippen LogP contribution in [0, 0.1) is 24.2 Å². The van der Waals surface area contributed by atoms with Crippen molar-refractivity contribution >= 4 is 69.7 Å². The lowest BCUT2D eigenvalue weighted by Crippen LogP contribution is -2.57. The van der Waals surface area contributed by atoms with Crippen molar-refractivity contribution in [3.05, 3.63) is 160 Å². The summed E-state index contributed by atoms with van der Waals surface area (Å²) in [6.45, 7) is 13.6. The second-order valence-corrected chi connectivity index (χ2v) is 24.4. The number of aryl methyl sites for hydroxylation is 1. The maximum Gasteiger partial charge on any atom is 0.254 e. The number of hydrogen-bond acceptors (Lipinski definition) is 13. The van der Waals surface area contributed by atoms with Gasteiger partial charge in [-0.25, -0.2) is 15.0 Å². The molecule has 10 rings (SSSR count). The smallest absolute Gasteiger partial charge is 0.254 e. The minimum atomic E-state index is -0.932. The number of anilines is 1. The zero-order valence-corrected chi connectivity index (χ0v) is 50.6. The number of aliphatic hydroxyl groups excluding tert-OH is 1. The van der Waals surface area contributed by atoms with Crippen LogP contribution in [-0.2, 0) is 32.1 Å². The minimum Gasteiger partial charge on any atom is -0.391 e. The van der Waals surface area contributed by atoms with Crippen LogP contribution in [0.2, 0.25) is 0 Å². The van der Waals surface area contributed by atoms with Crippen LogP contribution in [0.3, 0.4) is 0 Å². The summed E-state index contributed by atoms with van der Waals surface area (Å²) in [4.78, 5) is 95.5. The van der Waals surface area contributed by atoms with E-state index in [1.165, 1.54) is 4.90 Å². The number of para-hydroxylation sites is 1. The molecule has 0 aliphatic carbocycles. The number of fused-ring (bicyclic) bond motifs is 2. The molecule has 4 atom stereocenters. The first-order valence-electron chi connectivity index (χ1n) is 29.7. The lowest BCUT2D eigenvalue weighted by Gasteiger charge is -2.35. The van der Waals surface area contributed by atoms with Gasteiger partial charge in [-0.15, -0.1) is 11.3 Å². The first-order chi connectivity index (χ1) is 41.5. The fourth-order valence-corrected chi connectivity index (χ4v) is 12.1. The van der Waals surface area contributed by atoms with Gasteiger partial charge in [-0.3, -0.25) is 33.9 Å². The van der Waals surface area contributed by atoms with E-state index in [9.17, 15) is 29.1 Å². The van der Waals surface area contributed by atoms with E-state index in [2.05, 4.69) is 42.7 Å². The average molecular weight is 1170 g/mol. The number of aromatic nitrogens is 4. The first kappa shape index (κ1) is 60.5. The second kappa shape index (κ2) is 27.2. The molecule has 0 bridgehead atoms. The Morgan fingerprint density at radius 1 is 0.814 bits per heavy atom. The van der Waals surface area contributed by atoms with E-state index < -0.39 is 29.5 Å². The molecule has 444 valence electrons. The number of piperazine rings is 1. The molecule has 18 heteroatoms. The van der Waals surface area contributed by atoms with Gasteiger partial charge >= 0.3 is 0 Å². The summed E-state index contributed by atoms with van der Waals surface area (Å²) in [5.41, 5.74) is 11.2. The summed E-state index contributed by atoms with van der Waals surface area (Å²) in [6, 6.07) is 31.5. The Hall–Kier alpha value is -8.63. The molecule has 6 heterocycles. The number of carbonyl (C=O) groups is 5. The summed E-state index contributed by atoms with van der Waals surface area (Å²) < 4.78 is 0. The van der Waals surface area contributed by atoms with Crippen LogP contribution >= 0.6 is 11.3 Å². The van der Waals surface area contributed by atoms with Crippen LogP contribution in [-0.4, -0.2) is 145 Å². The Morgan fingerprint density at radius 2 is 1.52 bits per heavy atom. The van der Waals surface area contributed by atoms with Crippen molar-refractivity contribution in [3.63, 3.8) is 0 Å².